The standard InChI is InChI=1S/C16H24O2/c1-5-18-14-8-6-7-13(9-14)16(17)11-15(3,4)10-12(16)2/h6-9,12,17H,5,10-11H2,1-4H3. The minimum Gasteiger partial charge on any atom is -0.494 e. The minimum atomic E-state index is -0.712. The van der Waals surface area contributed by atoms with Gasteiger partial charge < -0.3 is 9.84 Å². The Bertz CT molecular complexity index is 425. The molecule has 2 heteroatoms. The molecule has 1 aliphatic carbocycles. The molecule has 1 aromatic rings. The van der Waals surface area contributed by atoms with Crippen LogP contribution in [0.3, 0.4) is 0 Å². The van der Waals surface area contributed by atoms with E-state index in [1.807, 2.05) is 31.2 Å². The highest BCUT2D eigenvalue weighted by atomic mass is 16.5. The first kappa shape index (κ1) is 13.4. The Labute approximate surface area is 110 Å². The molecule has 2 unspecified atom stereocenters. The van der Waals surface area contributed by atoms with Crippen molar-refractivity contribution in [2.45, 2.75) is 46.1 Å². The highest BCUT2D eigenvalue weighted by Crippen LogP contribution is 2.52. The van der Waals surface area contributed by atoms with Crippen LogP contribution in [0, 0.1) is 11.3 Å². The molecule has 1 fully saturated rings. The fourth-order valence-corrected chi connectivity index (χ4v) is 3.38. The summed E-state index contributed by atoms with van der Waals surface area (Å²) in [6, 6.07) is 7.92. The first-order chi connectivity index (χ1) is 8.37. The zero-order valence-electron chi connectivity index (χ0n) is 11.9. The monoisotopic (exact) mass is 248 g/mol. The van der Waals surface area contributed by atoms with Crippen LogP contribution in [-0.2, 0) is 5.60 Å². The fraction of sp³-hybridized carbons (Fsp3) is 0.625. The van der Waals surface area contributed by atoms with E-state index in [0.717, 1.165) is 24.2 Å². The van der Waals surface area contributed by atoms with E-state index in [2.05, 4.69) is 20.8 Å². The molecule has 0 heterocycles. The zero-order chi connectivity index (χ0) is 13.4. The highest BCUT2D eigenvalue weighted by Gasteiger charge is 2.48. The maximum atomic E-state index is 11.0. The van der Waals surface area contributed by atoms with Gasteiger partial charge in [0.1, 0.15) is 5.75 Å². The van der Waals surface area contributed by atoms with Crippen LogP contribution in [0.15, 0.2) is 24.3 Å². The van der Waals surface area contributed by atoms with E-state index in [9.17, 15) is 5.11 Å². The molecule has 0 aromatic heterocycles. The maximum absolute atomic E-state index is 11.0. The molecule has 2 nitrogen and oxygen atoms in total. The molecule has 1 aromatic carbocycles. The van der Waals surface area contributed by atoms with E-state index in [-0.39, 0.29) is 11.3 Å². The Hall–Kier alpha value is -1.02. The van der Waals surface area contributed by atoms with Gasteiger partial charge in [-0.1, -0.05) is 32.9 Å². The molecule has 0 spiro atoms. The van der Waals surface area contributed by atoms with Crippen molar-refractivity contribution in [3.8, 4) is 5.75 Å². The summed E-state index contributed by atoms with van der Waals surface area (Å²) in [6.45, 7) is 9.23. The van der Waals surface area contributed by atoms with Crippen molar-refractivity contribution in [2.24, 2.45) is 11.3 Å². The lowest BCUT2D eigenvalue weighted by atomic mass is 9.83. The third kappa shape index (κ3) is 2.39. The Kier molecular flexibility index (Phi) is 3.41. The van der Waals surface area contributed by atoms with Crippen LogP contribution >= 0.6 is 0 Å². The lowest BCUT2D eigenvalue weighted by molar-refractivity contribution is -0.00104. The number of benzene rings is 1. The summed E-state index contributed by atoms with van der Waals surface area (Å²) in [5.41, 5.74) is 0.485. The Morgan fingerprint density at radius 1 is 1.39 bits per heavy atom. The molecule has 0 amide bonds. The van der Waals surface area contributed by atoms with Crippen molar-refractivity contribution in [1.29, 1.82) is 0 Å². The van der Waals surface area contributed by atoms with Crippen LogP contribution in [0.25, 0.3) is 0 Å². The van der Waals surface area contributed by atoms with E-state index in [4.69, 9.17) is 4.74 Å². The predicted octanol–water partition coefficient (Wildman–Crippen LogP) is 3.73. The van der Waals surface area contributed by atoms with Gasteiger partial charge in [-0.05, 0) is 48.8 Å². The summed E-state index contributed by atoms with van der Waals surface area (Å²) in [5, 5.41) is 11.0. The normalized spacial score (nSPS) is 30.4. The van der Waals surface area contributed by atoms with Crippen molar-refractivity contribution >= 4 is 0 Å². The smallest absolute Gasteiger partial charge is 0.119 e. The molecule has 0 bridgehead atoms. The summed E-state index contributed by atoms with van der Waals surface area (Å²) in [7, 11) is 0. The van der Waals surface area contributed by atoms with Crippen LogP contribution in [0.2, 0.25) is 0 Å². The molecule has 18 heavy (non-hydrogen) atoms. The zero-order valence-corrected chi connectivity index (χ0v) is 11.9. The van der Waals surface area contributed by atoms with Crippen LogP contribution in [0.1, 0.15) is 46.1 Å². The maximum Gasteiger partial charge on any atom is 0.119 e. The van der Waals surface area contributed by atoms with Gasteiger partial charge in [-0.25, -0.2) is 0 Å². The summed E-state index contributed by atoms with van der Waals surface area (Å²) in [4.78, 5) is 0. The lowest BCUT2D eigenvalue weighted by Gasteiger charge is -2.29. The van der Waals surface area contributed by atoms with Crippen LogP contribution in [-0.4, -0.2) is 11.7 Å². The average Bonchev–Trinajstić information content (AvgIpc) is 2.49. The molecule has 2 atom stereocenters. The second-order valence-corrected chi connectivity index (χ2v) is 6.33. The molecule has 1 N–H and O–H groups in total. The van der Waals surface area contributed by atoms with Gasteiger partial charge in [-0.2, -0.15) is 0 Å². The van der Waals surface area contributed by atoms with Gasteiger partial charge in [0.25, 0.3) is 0 Å². The molecule has 1 aliphatic rings. The molecular weight excluding hydrogens is 224 g/mol. The fourth-order valence-electron chi connectivity index (χ4n) is 3.38. The lowest BCUT2D eigenvalue weighted by Crippen LogP contribution is -2.29. The molecule has 0 radical (unpaired) electrons. The number of aliphatic hydroxyl groups is 1. The van der Waals surface area contributed by atoms with E-state index < -0.39 is 5.60 Å². The third-order valence-electron chi connectivity index (χ3n) is 4.07. The molecule has 100 valence electrons. The second-order valence-electron chi connectivity index (χ2n) is 6.33. The van der Waals surface area contributed by atoms with Gasteiger partial charge in [0.2, 0.25) is 0 Å². The Balaban J connectivity index is 2.33. The number of hydrogen-bond donors (Lipinski definition) is 1. The predicted molar refractivity (Wildman–Crippen MR) is 73.7 cm³/mol. The first-order valence-corrected chi connectivity index (χ1v) is 6.83. The van der Waals surface area contributed by atoms with Crippen LogP contribution < -0.4 is 4.74 Å². The molecule has 2 rings (SSSR count). The van der Waals surface area contributed by atoms with Crippen LogP contribution in [0.5, 0.6) is 5.75 Å². The molecule has 1 saturated carbocycles. The average molecular weight is 248 g/mol. The first-order valence-electron chi connectivity index (χ1n) is 6.83. The SMILES string of the molecule is CCOc1cccc(C2(O)CC(C)(C)CC2C)c1. The highest BCUT2D eigenvalue weighted by molar-refractivity contribution is 5.34. The van der Waals surface area contributed by atoms with Crippen molar-refractivity contribution in [1.82, 2.24) is 0 Å². The van der Waals surface area contributed by atoms with E-state index in [1.54, 1.807) is 0 Å². The van der Waals surface area contributed by atoms with Gasteiger partial charge in [-0.15, -0.1) is 0 Å². The Morgan fingerprint density at radius 3 is 2.67 bits per heavy atom. The van der Waals surface area contributed by atoms with Crippen molar-refractivity contribution < 1.29 is 9.84 Å². The van der Waals surface area contributed by atoms with Gasteiger partial charge >= 0.3 is 0 Å². The second kappa shape index (κ2) is 4.58. The Morgan fingerprint density at radius 2 is 2.11 bits per heavy atom. The van der Waals surface area contributed by atoms with Crippen molar-refractivity contribution in [3.63, 3.8) is 0 Å². The number of hydrogen-bond acceptors (Lipinski definition) is 2. The van der Waals surface area contributed by atoms with Crippen molar-refractivity contribution in [2.75, 3.05) is 6.61 Å². The minimum absolute atomic E-state index is 0.204. The molecule has 0 aliphatic heterocycles. The number of rotatable bonds is 3. The van der Waals surface area contributed by atoms with Gasteiger partial charge in [0, 0.05) is 0 Å². The van der Waals surface area contributed by atoms with Gasteiger partial charge in [-0.3, -0.25) is 0 Å². The summed E-state index contributed by atoms with van der Waals surface area (Å²) in [5.74, 6) is 1.13. The van der Waals surface area contributed by atoms with Gasteiger partial charge in [0.15, 0.2) is 0 Å². The summed E-state index contributed by atoms with van der Waals surface area (Å²) >= 11 is 0. The summed E-state index contributed by atoms with van der Waals surface area (Å²) in [6.07, 6.45) is 1.87. The van der Waals surface area contributed by atoms with Crippen LogP contribution in [0.4, 0.5) is 0 Å². The van der Waals surface area contributed by atoms with E-state index in [1.165, 1.54) is 0 Å². The van der Waals surface area contributed by atoms with E-state index in [0.29, 0.717) is 6.61 Å². The topological polar surface area (TPSA) is 29.5 Å². The quantitative estimate of drug-likeness (QED) is 0.883. The van der Waals surface area contributed by atoms with Crippen molar-refractivity contribution in [3.05, 3.63) is 29.8 Å². The molecular formula is C16H24O2. The van der Waals surface area contributed by atoms with Gasteiger partial charge in [0.05, 0.1) is 12.2 Å². The third-order valence-corrected chi connectivity index (χ3v) is 4.07. The molecule has 0 saturated heterocycles. The summed E-state index contributed by atoms with van der Waals surface area (Å²) < 4.78 is 5.53. The largest absolute Gasteiger partial charge is 0.494 e. The van der Waals surface area contributed by atoms with E-state index >= 15 is 0 Å². The number of ether oxygens (including phenoxy) is 1.